The van der Waals surface area contributed by atoms with E-state index < -0.39 is 0 Å². The minimum atomic E-state index is 0.450. The van der Waals surface area contributed by atoms with Crippen molar-refractivity contribution in [3.05, 3.63) is 17.6 Å². The molecule has 2 rings (SSSR count). The lowest BCUT2D eigenvalue weighted by Crippen LogP contribution is -2.14. The van der Waals surface area contributed by atoms with Crippen LogP contribution in [0.4, 0.5) is 5.82 Å². The summed E-state index contributed by atoms with van der Waals surface area (Å²) in [5, 5.41) is 11.7. The molecular weight excluding hydrogens is 176 g/mol. The molecule has 0 radical (unpaired) electrons. The SMILES string of the molecule is CNc1cc(C#N)nc(C2CCC2)n1. The van der Waals surface area contributed by atoms with Crippen molar-refractivity contribution in [3.63, 3.8) is 0 Å². The molecule has 0 atom stereocenters. The smallest absolute Gasteiger partial charge is 0.146 e. The van der Waals surface area contributed by atoms with Gasteiger partial charge in [-0.25, -0.2) is 9.97 Å². The Balaban J connectivity index is 2.34. The van der Waals surface area contributed by atoms with E-state index in [9.17, 15) is 0 Å². The second-order valence-electron chi connectivity index (χ2n) is 3.49. The molecule has 0 amide bonds. The molecule has 0 saturated heterocycles. The third-order valence-electron chi connectivity index (χ3n) is 2.58. The Morgan fingerprint density at radius 2 is 2.29 bits per heavy atom. The average molecular weight is 188 g/mol. The van der Waals surface area contributed by atoms with E-state index in [1.807, 2.05) is 0 Å². The van der Waals surface area contributed by atoms with Crippen molar-refractivity contribution in [2.24, 2.45) is 0 Å². The minimum absolute atomic E-state index is 0.450. The summed E-state index contributed by atoms with van der Waals surface area (Å²) in [5.74, 6) is 2.02. The van der Waals surface area contributed by atoms with Crippen LogP contribution in [0.2, 0.25) is 0 Å². The number of nitrogens with zero attached hydrogens (tertiary/aromatic N) is 3. The quantitative estimate of drug-likeness (QED) is 0.766. The van der Waals surface area contributed by atoms with Crippen molar-refractivity contribution >= 4 is 5.82 Å². The van der Waals surface area contributed by atoms with E-state index in [-0.39, 0.29) is 0 Å². The Bertz CT molecular complexity index is 376. The lowest BCUT2D eigenvalue weighted by atomic mass is 9.85. The molecule has 1 aliphatic rings. The fourth-order valence-corrected chi connectivity index (χ4v) is 1.50. The lowest BCUT2D eigenvalue weighted by Gasteiger charge is -2.23. The Kier molecular flexibility index (Phi) is 2.32. The normalized spacial score (nSPS) is 15.7. The van der Waals surface area contributed by atoms with E-state index in [0.717, 1.165) is 24.5 Å². The highest BCUT2D eigenvalue weighted by molar-refractivity contribution is 5.39. The van der Waals surface area contributed by atoms with E-state index in [1.54, 1.807) is 13.1 Å². The Hall–Kier alpha value is -1.63. The highest BCUT2D eigenvalue weighted by atomic mass is 15.0. The minimum Gasteiger partial charge on any atom is -0.373 e. The zero-order valence-corrected chi connectivity index (χ0v) is 8.12. The molecule has 4 heteroatoms. The van der Waals surface area contributed by atoms with Crippen LogP contribution in [-0.2, 0) is 0 Å². The van der Waals surface area contributed by atoms with Gasteiger partial charge < -0.3 is 5.32 Å². The van der Waals surface area contributed by atoms with E-state index in [2.05, 4.69) is 21.4 Å². The number of anilines is 1. The maximum absolute atomic E-state index is 8.79. The second-order valence-corrected chi connectivity index (χ2v) is 3.49. The summed E-state index contributed by atoms with van der Waals surface area (Å²) < 4.78 is 0. The van der Waals surface area contributed by atoms with Gasteiger partial charge in [0, 0.05) is 19.0 Å². The topological polar surface area (TPSA) is 61.6 Å². The number of nitriles is 1. The second kappa shape index (κ2) is 3.62. The first kappa shape index (κ1) is 8.95. The van der Waals surface area contributed by atoms with Crippen LogP contribution in [0, 0.1) is 11.3 Å². The van der Waals surface area contributed by atoms with Crippen LogP contribution >= 0.6 is 0 Å². The summed E-state index contributed by atoms with van der Waals surface area (Å²) in [6, 6.07) is 3.72. The van der Waals surface area contributed by atoms with Gasteiger partial charge in [0.1, 0.15) is 23.4 Å². The molecular formula is C10H12N4. The van der Waals surface area contributed by atoms with Crippen molar-refractivity contribution in [3.8, 4) is 6.07 Å². The third kappa shape index (κ3) is 1.53. The molecule has 0 aliphatic heterocycles. The first-order chi connectivity index (χ1) is 6.83. The van der Waals surface area contributed by atoms with Gasteiger partial charge in [-0.05, 0) is 12.8 Å². The Morgan fingerprint density at radius 1 is 1.50 bits per heavy atom. The van der Waals surface area contributed by atoms with Crippen molar-refractivity contribution in [1.82, 2.24) is 9.97 Å². The first-order valence-corrected chi connectivity index (χ1v) is 4.80. The molecule has 1 fully saturated rings. The number of hydrogen-bond acceptors (Lipinski definition) is 4. The van der Waals surface area contributed by atoms with Gasteiger partial charge in [-0.15, -0.1) is 0 Å². The summed E-state index contributed by atoms with van der Waals surface area (Å²) in [7, 11) is 1.80. The molecule has 1 saturated carbocycles. The molecule has 1 N–H and O–H groups in total. The molecule has 0 bridgehead atoms. The third-order valence-corrected chi connectivity index (χ3v) is 2.58. The largest absolute Gasteiger partial charge is 0.373 e. The molecule has 1 aliphatic carbocycles. The predicted molar refractivity (Wildman–Crippen MR) is 52.9 cm³/mol. The van der Waals surface area contributed by atoms with Gasteiger partial charge in [-0.1, -0.05) is 6.42 Å². The van der Waals surface area contributed by atoms with E-state index in [4.69, 9.17) is 5.26 Å². The number of nitrogens with one attached hydrogen (secondary N) is 1. The van der Waals surface area contributed by atoms with Gasteiger partial charge in [-0.3, -0.25) is 0 Å². The van der Waals surface area contributed by atoms with Crippen LogP contribution < -0.4 is 5.32 Å². The van der Waals surface area contributed by atoms with Crippen molar-refractivity contribution in [2.45, 2.75) is 25.2 Å². The number of hydrogen-bond donors (Lipinski definition) is 1. The van der Waals surface area contributed by atoms with Crippen LogP contribution in [-0.4, -0.2) is 17.0 Å². The van der Waals surface area contributed by atoms with Crippen LogP contribution in [0.25, 0.3) is 0 Å². The van der Waals surface area contributed by atoms with Crippen LogP contribution in [0.15, 0.2) is 6.07 Å². The Morgan fingerprint density at radius 3 is 2.79 bits per heavy atom. The fraction of sp³-hybridized carbons (Fsp3) is 0.500. The monoisotopic (exact) mass is 188 g/mol. The van der Waals surface area contributed by atoms with Gasteiger partial charge in [-0.2, -0.15) is 5.26 Å². The van der Waals surface area contributed by atoms with Crippen molar-refractivity contribution < 1.29 is 0 Å². The number of rotatable bonds is 2. The maximum Gasteiger partial charge on any atom is 0.146 e. The van der Waals surface area contributed by atoms with Crippen molar-refractivity contribution in [1.29, 1.82) is 5.26 Å². The number of aromatic nitrogens is 2. The van der Waals surface area contributed by atoms with E-state index in [1.165, 1.54) is 6.42 Å². The molecule has 14 heavy (non-hydrogen) atoms. The van der Waals surface area contributed by atoms with Crippen molar-refractivity contribution in [2.75, 3.05) is 12.4 Å². The van der Waals surface area contributed by atoms with E-state index in [0.29, 0.717) is 11.6 Å². The van der Waals surface area contributed by atoms with Crippen LogP contribution in [0.5, 0.6) is 0 Å². The first-order valence-electron chi connectivity index (χ1n) is 4.80. The summed E-state index contributed by atoms with van der Waals surface area (Å²) in [6.07, 6.45) is 3.55. The molecule has 0 spiro atoms. The van der Waals surface area contributed by atoms with Crippen LogP contribution in [0.3, 0.4) is 0 Å². The molecule has 1 aromatic heterocycles. The Labute approximate surface area is 83.0 Å². The summed E-state index contributed by atoms with van der Waals surface area (Å²) in [5.41, 5.74) is 0.450. The maximum atomic E-state index is 8.79. The average Bonchev–Trinajstić information content (AvgIpc) is 2.14. The predicted octanol–water partition coefficient (Wildman–Crippen LogP) is 1.66. The molecule has 1 aromatic rings. The molecule has 4 nitrogen and oxygen atoms in total. The summed E-state index contributed by atoms with van der Waals surface area (Å²) in [6.45, 7) is 0. The van der Waals surface area contributed by atoms with Gasteiger partial charge >= 0.3 is 0 Å². The standard InChI is InChI=1S/C10H12N4/c1-12-9-5-8(6-11)13-10(14-9)7-3-2-4-7/h5,7H,2-4H2,1H3,(H,12,13,14). The van der Waals surface area contributed by atoms with Gasteiger partial charge in [0.2, 0.25) is 0 Å². The van der Waals surface area contributed by atoms with E-state index >= 15 is 0 Å². The fourth-order valence-electron chi connectivity index (χ4n) is 1.50. The molecule has 0 unspecified atom stereocenters. The summed E-state index contributed by atoms with van der Waals surface area (Å²) >= 11 is 0. The van der Waals surface area contributed by atoms with Crippen LogP contribution in [0.1, 0.15) is 36.7 Å². The van der Waals surface area contributed by atoms with Gasteiger partial charge in [0.25, 0.3) is 0 Å². The zero-order chi connectivity index (χ0) is 9.97. The van der Waals surface area contributed by atoms with Gasteiger partial charge in [0.05, 0.1) is 0 Å². The summed E-state index contributed by atoms with van der Waals surface area (Å²) in [4.78, 5) is 8.56. The molecule has 72 valence electrons. The zero-order valence-electron chi connectivity index (χ0n) is 8.12. The molecule has 1 heterocycles. The van der Waals surface area contributed by atoms with Gasteiger partial charge in [0.15, 0.2) is 0 Å². The molecule has 0 aromatic carbocycles. The highest BCUT2D eigenvalue weighted by Gasteiger charge is 2.23. The highest BCUT2D eigenvalue weighted by Crippen LogP contribution is 2.34. The lowest BCUT2D eigenvalue weighted by molar-refractivity contribution is 0.401.